The number of nitrogens with one attached hydrogen (secondary N) is 1. The molecule has 0 unspecified atom stereocenters. The molecule has 0 aliphatic carbocycles. The van der Waals surface area contributed by atoms with Crippen LogP contribution in [-0.4, -0.2) is 36.6 Å². The zero-order chi connectivity index (χ0) is 8.43. The van der Waals surface area contributed by atoms with Crippen LogP contribution in [0.1, 0.15) is 6.92 Å². The average Bonchev–Trinajstić information content (AvgIpc) is 1.94. The third-order valence-corrected chi connectivity index (χ3v) is 1.52. The summed E-state index contributed by atoms with van der Waals surface area (Å²) in [6.07, 6.45) is 0. The fraction of sp³-hybridized carbons (Fsp3) is 0.571. The summed E-state index contributed by atoms with van der Waals surface area (Å²) in [5, 5.41) is 12.0. The number of guanidine groups is 1. The van der Waals surface area contributed by atoms with Crippen molar-refractivity contribution < 1.29 is 5.11 Å². The molecule has 0 aromatic rings. The zero-order valence-electron chi connectivity index (χ0n) is 7.05. The van der Waals surface area contributed by atoms with Crippen molar-refractivity contribution in [3.63, 3.8) is 0 Å². The van der Waals surface area contributed by atoms with Crippen LogP contribution in [-0.2, 0) is 0 Å². The molecule has 0 spiro atoms. The van der Waals surface area contributed by atoms with Crippen molar-refractivity contribution in [2.45, 2.75) is 6.92 Å². The number of rotatable bonds is 0. The van der Waals surface area contributed by atoms with Crippen LogP contribution in [0.3, 0.4) is 0 Å². The molecule has 4 heteroatoms. The molecule has 1 aliphatic heterocycles. The van der Waals surface area contributed by atoms with E-state index in [-0.39, 0.29) is 5.88 Å². The number of nitrogens with zero attached hydrogens (tertiary/aromatic N) is 2. The van der Waals surface area contributed by atoms with E-state index >= 15 is 0 Å². The maximum atomic E-state index is 9.26. The monoisotopic (exact) mass is 155 g/mol. The van der Waals surface area contributed by atoms with Gasteiger partial charge in [-0.25, -0.2) is 4.99 Å². The van der Waals surface area contributed by atoms with E-state index in [1.807, 2.05) is 25.9 Å². The highest BCUT2D eigenvalue weighted by Crippen LogP contribution is 2.03. The molecule has 0 aromatic carbocycles. The van der Waals surface area contributed by atoms with E-state index in [0.29, 0.717) is 12.5 Å². The van der Waals surface area contributed by atoms with E-state index in [4.69, 9.17) is 0 Å². The van der Waals surface area contributed by atoms with Crippen LogP contribution >= 0.6 is 0 Å². The molecule has 0 saturated carbocycles. The van der Waals surface area contributed by atoms with Crippen LogP contribution in [0.15, 0.2) is 16.4 Å². The Kier molecular flexibility index (Phi) is 2.03. The Morgan fingerprint density at radius 1 is 1.55 bits per heavy atom. The van der Waals surface area contributed by atoms with Crippen molar-refractivity contribution in [3.8, 4) is 0 Å². The van der Waals surface area contributed by atoms with Gasteiger partial charge in [-0.3, -0.25) is 5.32 Å². The molecular weight excluding hydrogens is 142 g/mol. The Hall–Kier alpha value is -1.19. The molecule has 0 atom stereocenters. The maximum Gasteiger partial charge on any atom is 0.200 e. The quantitative estimate of drug-likeness (QED) is 0.529. The number of aliphatic hydroxyl groups is 1. The lowest BCUT2D eigenvalue weighted by atomic mass is 10.3. The molecule has 2 N–H and O–H groups in total. The third-order valence-electron chi connectivity index (χ3n) is 1.52. The van der Waals surface area contributed by atoms with Crippen LogP contribution < -0.4 is 5.32 Å². The topological polar surface area (TPSA) is 47.9 Å². The van der Waals surface area contributed by atoms with Crippen molar-refractivity contribution in [2.24, 2.45) is 4.99 Å². The number of aliphatic imine (C=N–C) groups is 1. The summed E-state index contributed by atoms with van der Waals surface area (Å²) in [6.45, 7) is 2.42. The summed E-state index contributed by atoms with van der Waals surface area (Å²) in [5.74, 6) is 0.928. The smallest absolute Gasteiger partial charge is 0.200 e. The van der Waals surface area contributed by atoms with E-state index in [9.17, 15) is 5.11 Å². The van der Waals surface area contributed by atoms with Gasteiger partial charge in [-0.15, -0.1) is 0 Å². The molecule has 11 heavy (non-hydrogen) atoms. The molecule has 62 valence electrons. The number of hydrogen-bond donors (Lipinski definition) is 2. The molecule has 0 amide bonds. The summed E-state index contributed by atoms with van der Waals surface area (Å²) in [4.78, 5) is 6.00. The minimum absolute atomic E-state index is 0.226. The van der Waals surface area contributed by atoms with E-state index in [0.717, 1.165) is 5.57 Å². The van der Waals surface area contributed by atoms with E-state index in [1.54, 1.807) is 0 Å². The van der Waals surface area contributed by atoms with Crippen LogP contribution in [0, 0.1) is 0 Å². The van der Waals surface area contributed by atoms with Crippen molar-refractivity contribution in [2.75, 3.05) is 20.6 Å². The van der Waals surface area contributed by atoms with Gasteiger partial charge in [0.1, 0.15) is 0 Å². The molecule has 0 bridgehead atoms. The third kappa shape index (κ3) is 1.63. The molecular formula is C7H13N3O. The van der Waals surface area contributed by atoms with E-state index < -0.39 is 0 Å². The van der Waals surface area contributed by atoms with Gasteiger partial charge in [0, 0.05) is 19.7 Å². The normalized spacial score (nSPS) is 17.5. The van der Waals surface area contributed by atoms with Gasteiger partial charge < -0.3 is 10.0 Å². The minimum atomic E-state index is 0.226. The van der Waals surface area contributed by atoms with Crippen LogP contribution in [0.5, 0.6) is 0 Å². The van der Waals surface area contributed by atoms with Crippen molar-refractivity contribution in [1.29, 1.82) is 0 Å². The number of hydrogen-bond acceptors (Lipinski definition) is 4. The molecule has 1 aliphatic rings. The molecule has 0 aromatic heterocycles. The average molecular weight is 155 g/mol. The molecule has 4 nitrogen and oxygen atoms in total. The first kappa shape index (κ1) is 7.91. The zero-order valence-corrected chi connectivity index (χ0v) is 7.05. The van der Waals surface area contributed by atoms with Gasteiger partial charge in [-0.2, -0.15) is 0 Å². The van der Waals surface area contributed by atoms with Gasteiger partial charge in [0.05, 0.1) is 6.54 Å². The first-order valence-electron chi connectivity index (χ1n) is 3.49. The fourth-order valence-corrected chi connectivity index (χ4v) is 0.774. The second kappa shape index (κ2) is 2.82. The van der Waals surface area contributed by atoms with Crippen molar-refractivity contribution in [1.82, 2.24) is 10.2 Å². The lowest BCUT2D eigenvalue weighted by molar-refractivity contribution is 0.368. The van der Waals surface area contributed by atoms with Gasteiger partial charge in [0.25, 0.3) is 0 Å². The molecule has 1 rings (SSSR count). The van der Waals surface area contributed by atoms with Gasteiger partial charge in [-0.1, -0.05) is 0 Å². The summed E-state index contributed by atoms with van der Waals surface area (Å²) in [5.41, 5.74) is 0.871. The van der Waals surface area contributed by atoms with Gasteiger partial charge in [0.2, 0.25) is 5.96 Å². The van der Waals surface area contributed by atoms with Crippen molar-refractivity contribution >= 4 is 5.96 Å². The SMILES string of the molecule is CC1=C(O)NC(N(C)C)=NC1. The standard InChI is InChI=1S/C7H13N3O/c1-5-4-8-7(10(2)3)9-6(5)11/h11H,4H2,1-3H3,(H,8,9). The molecule has 0 radical (unpaired) electrons. The highest BCUT2D eigenvalue weighted by atomic mass is 16.3. The Balaban J connectivity index is 2.67. The Morgan fingerprint density at radius 2 is 2.18 bits per heavy atom. The van der Waals surface area contributed by atoms with Gasteiger partial charge in [0.15, 0.2) is 5.88 Å². The largest absolute Gasteiger partial charge is 0.495 e. The van der Waals surface area contributed by atoms with Crippen LogP contribution in [0.2, 0.25) is 0 Å². The summed E-state index contributed by atoms with van der Waals surface area (Å²) in [7, 11) is 3.75. The van der Waals surface area contributed by atoms with Gasteiger partial charge >= 0.3 is 0 Å². The lowest BCUT2D eigenvalue weighted by Gasteiger charge is -2.21. The first-order valence-corrected chi connectivity index (χ1v) is 3.49. The van der Waals surface area contributed by atoms with Gasteiger partial charge in [-0.05, 0) is 6.92 Å². The predicted octanol–water partition coefficient (Wildman–Crippen LogP) is 0.297. The Bertz CT molecular complexity index is 218. The van der Waals surface area contributed by atoms with Crippen LogP contribution in [0.4, 0.5) is 0 Å². The summed E-state index contributed by atoms with van der Waals surface area (Å²) < 4.78 is 0. The second-order valence-corrected chi connectivity index (χ2v) is 2.79. The van der Waals surface area contributed by atoms with E-state index in [2.05, 4.69) is 10.3 Å². The Labute approximate surface area is 66.2 Å². The fourth-order valence-electron chi connectivity index (χ4n) is 0.774. The second-order valence-electron chi connectivity index (χ2n) is 2.79. The Morgan fingerprint density at radius 3 is 2.64 bits per heavy atom. The first-order chi connectivity index (χ1) is 5.11. The van der Waals surface area contributed by atoms with Crippen LogP contribution in [0.25, 0.3) is 0 Å². The highest BCUT2D eigenvalue weighted by molar-refractivity contribution is 5.81. The molecule has 0 saturated heterocycles. The molecule has 1 heterocycles. The van der Waals surface area contributed by atoms with Crippen molar-refractivity contribution in [3.05, 3.63) is 11.5 Å². The summed E-state index contributed by atoms with van der Waals surface area (Å²) >= 11 is 0. The maximum absolute atomic E-state index is 9.26. The summed E-state index contributed by atoms with van der Waals surface area (Å²) in [6, 6.07) is 0. The lowest BCUT2D eigenvalue weighted by Crippen LogP contribution is -2.38. The highest BCUT2D eigenvalue weighted by Gasteiger charge is 2.10. The molecule has 0 fully saturated rings. The number of aliphatic hydroxyl groups excluding tert-OH is 1. The minimum Gasteiger partial charge on any atom is -0.495 e. The van der Waals surface area contributed by atoms with E-state index in [1.165, 1.54) is 0 Å². The predicted molar refractivity (Wildman–Crippen MR) is 44.5 cm³/mol.